The van der Waals surface area contributed by atoms with E-state index in [1.807, 2.05) is 0 Å². The summed E-state index contributed by atoms with van der Waals surface area (Å²) in [7, 11) is 1.38. The molecular formula is C15H19NO9. The van der Waals surface area contributed by atoms with Gasteiger partial charge in [0.2, 0.25) is 12.5 Å². The summed E-state index contributed by atoms with van der Waals surface area (Å²) in [6.07, 6.45) is -5.19. The number of nitrogens with zero attached hydrogens (tertiary/aromatic N) is 1. The SMILES string of the molecule is COc1ccc(C=C[N+](=O)[O-])cc1O[C@@H]1O[C@H](CO)[C@@H](O)[C@H](O)[C@H]1O. The molecule has 0 radical (unpaired) electrons. The second kappa shape index (κ2) is 8.23. The zero-order valence-corrected chi connectivity index (χ0v) is 13.3. The van der Waals surface area contributed by atoms with E-state index >= 15 is 0 Å². The van der Waals surface area contributed by atoms with E-state index in [0.29, 0.717) is 5.56 Å². The van der Waals surface area contributed by atoms with Crippen molar-refractivity contribution in [3.05, 3.63) is 40.1 Å². The molecule has 0 unspecified atom stereocenters. The van der Waals surface area contributed by atoms with Crippen molar-refractivity contribution in [2.24, 2.45) is 0 Å². The fourth-order valence-electron chi connectivity index (χ4n) is 2.33. The summed E-state index contributed by atoms with van der Waals surface area (Å²) in [5.41, 5.74) is 0.428. The highest BCUT2D eigenvalue weighted by Crippen LogP contribution is 2.32. The average molecular weight is 357 g/mol. The molecule has 1 aromatic rings. The molecule has 10 heteroatoms. The predicted octanol–water partition coefficient (Wildman–Crippen LogP) is -0.879. The fourth-order valence-corrected chi connectivity index (χ4v) is 2.33. The van der Waals surface area contributed by atoms with Gasteiger partial charge in [0.25, 0.3) is 0 Å². The van der Waals surface area contributed by atoms with Crippen LogP contribution in [0.5, 0.6) is 11.5 Å². The highest BCUT2D eigenvalue weighted by molar-refractivity contribution is 5.55. The third kappa shape index (κ3) is 4.44. The van der Waals surface area contributed by atoms with Crippen LogP contribution in [0.25, 0.3) is 6.08 Å². The van der Waals surface area contributed by atoms with Gasteiger partial charge < -0.3 is 34.6 Å². The Labute approximate surface area is 142 Å². The number of nitro groups is 1. The molecule has 1 aliphatic heterocycles. The van der Waals surface area contributed by atoms with E-state index in [1.165, 1.54) is 25.3 Å². The van der Waals surface area contributed by atoms with Crippen LogP contribution < -0.4 is 9.47 Å². The van der Waals surface area contributed by atoms with Gasteiger partial charge in [-0.25, -0.2) is 0 Å². The maximum atomic E-state index is 10.4. The van der Waals surface area contributed by atoms with E-state index in [0.717, 1.165) is 6.20 Å². The van der Waals surface area contributed by atoms with Crippen LogP contribution in [0.3, 0.4) is 0 Å². The third-order valence-electron chi connectivity index (χ3n) is 3.67. The zero-order valence-electron chi connectivity index (χ0n) is 13.3. The van der Waals surface area contributed by atoms with Crippen molar-refractivity contribution < 1.29 is 39.6 Å². The van der Waals surface area contributed by atoms with Gasteiger partial charge in [-0.3, -0.25) is 10.1 Å². The second-order valence-corrected chi connectivity index (χ2v) is 5.33. The zero-order chi connectivity index (χ0) is 18.6. The quantitative estimate of drug-likeness (QED) is 0.376. The molecule has 1 aromatic carbocycles. The summed E-state index contributed by atoms with van der Waals surface area (Å²) in [5, 5.41) is 49.1. The average Bonchev–Trinajstić information content (AvgIpc) is 2.60. The van der Waals surface area contributed by atoms with Crippen LogP contribution in [-0.4, -0.2) is 69.8 Å². The Hall–Kier alpha value is -2.24. The van der Waals surface area contributed by atoms with Crippen molar-refractivity contribution in [2.75, 3.05) is 13.7 Å². The molecule has 1 aliphatic rings. The lowest BCUT2D eigenvalue weighted by Gasteiger charge is -2.39. The van der Waals surface area contributed by atoms with E-state index in [9.17, 15) is 30.5 Å². The minimum Gasteiger partial charge on any atom is -0.493 e. The van der Waals surface area contributed by atoms with Crippen LogP contribution in [0.4, 0.5) is 0 Å². The first kappa shape index (κ1) is 19.1. The van der Waals surface area contributed by atoms with Gasteiger partial charge in [-0.1, -0.05) is 6.07 Å². The molecule has 0 spiro atoms. The molecule has 1 fully saturated rings. The van der Waals surface area contributed by atoms with Gasteiger partial charge in [-0.2, -0.15) is 0 Å². The number of rotatable bonds is 6. The largest absolute Gasteiger partial charge is 0.493 e. The number of ether oxygens (including phenoxy) is 3. The molecule has 1 heterocycles. The Kier molecular flexibility index (Phi) is 6.28. The fraction of sp³-hybridized carbons (Fsp3) is 0.467. The van der Waals surface area contributed by atoms with E-state index in [4.69, 9.17) is 14.2 Å². The lowest BCUT2D eigenvalue weighted by molar-refractivity contribution is -0.400. The van der Waals surface area contributed by atoms with E-state index in [2.05, 4.69) is 0 Å². The number of hydrogen-bond donors (Lipinski definition) is 4. The molecule has 0 aromatic heterocycles. The van der Waals surface area contributed by atoms with Crippen molar-refractivity contribution in [1.82, 2.24) is 0 Å². The maximum absolute atomic E-state index is 10.4. The topological polar surface area (TPSA) is 152 Å². The van der Waals surface area contributed by atoms with Crippen LogP contribution >= 0.6 is 0 Å². The predicted molar refractivity (Wildman–Crippen MR) is 83.4 cm³/mol. The lowest BCUT2D eigenvalue weighted by atomic mass is 9.99. The first-order valence-corrected chi connectivity index (χ1v) is 7.34. The number of benzene rings is 1. The third-order valence-corrected chi connectivity index (χ3v) is 3.67. The Bertz CT molecular complexity index is 633. The molecule has 25 heavy (non-hydrogen) atoms. The van der Waals surface area contributed by atoms with Crippen molar-refractivity contribution in [3.63, 3.8) is 0 Å². The van der Waals surface area contributed by atoms with Crippen LogP contribution in [0.2, 0.25) is 0 Å². The first-order chi connectivity index (χ1) is 11.9. The monoisotopic (exact) mass is 357 g/mol. The van der Waals surface area contributed by atoms with Crippen LogP contribution in [-0.2, 0) is 4.74 Å². The molecule has 0 saturated carbocycles. The van der Waals surface area contributed by atoms with Crippen molar-refractivity contribution in [3.8, 4) is 11.5 Å². The first-order valence-electron chi connectivity index (χ1n) is 7.34. The maximum Gasteiger partial charge on any atom is 0.235 e. The van der Waals surface area contributed by atoms with Gasteiger partial charge in [-0.05, 0) is 17.7 Å². The van der Waals surface area contributed by atoms with Gasteiger partial charge >= 0.3 is 0 Å². The van der Waals surface area contributed by atoms with Gasteiger partial charge in [0, 0.05) is 6.08 Å². The van der Waals surface area contributed by atoms with Gasteiger partial charge in [-0.15, -0.1) is 0 Å². The molecular weight excluding hydrogens is 338 g/mol. The smallest absolute Gasteiger partial charge is 0.235 e. The van der Waals surface area contributed by atoms with E-state index in [-0.39, 0.29) is 11.5 Å². The molecule has 0 amide bonds. The Morgan fingerprint density at radius 2 is 1.96 bits per heavy atom. The second-order valence-electron chi connectivity index (χ2n) is 5.33. The van der Waals surface area contributed by atoms with E-state index in [1.54, 1.807) is 6.07 Å². The molecule has 138 valence electrons. The Morgan fingerprint density at radius 1 is 1.24 bits per heavy atom. The number of methoxy groups -OCH3 is 1. The van der Waals surface area contributed by atoms with Crippen molar-refractivity contribution in [1.29, 1.82) is 0 Å². The lowest BCUT2D eigenvalue weighted by Crippen LogP contribution is -2.60. The standard InChI is InChI=1S/C15H19NO9/c1-23-9-3-2-8(4-5-16(21)22)6-10(9)24-15-14(20)13(19)12(18)11(7-17)25-15/h2-6,11-15,17-20H,7H2,1H3/t11-,12-,13+,14-,15-/m1/s1. The highest BCUT2D eigenvalue weighted by Gasteiger charge is 2.44. The number of hydrogen-bond acceptors (Lipinski definition) is 9. The summed E-state index contributed by atoms with van der Waals surface area (Å²) < 4.78 is 15.9. The minimum atomic E-state index is -1.58. The van der Waals surface area contributed by atoms with Crippen LogP contribution in [0, 0.1) is 10.1 Å². The molecule has 5 atom stereocenters. The normalized spacial score (nSPS) is 29.6. The van der Waals surface area contributed by atoms with Gasteiger partial charge in [0.05, 0.1) is 18.6 Å². The molecule has 0 aliphatic carbocycles. The molecule has 0 bridgehead atoms. The molecule has 2 rings (SSSR count). The van der Waals surface area contributed by atoms with Crippen molar-refractivity contribution in [2.45, 2.75) is 30.7 Å². The summed E-state index contributed by atoms with van der Waals surface area (Å²) in [4.78, 5) is 9.79. The summed E-state index contributed by atoms with van der Waals surface area (Å²) in [5.74, 6) is 0.354. The number of aliphatic hydroxyl groups is 4. The summed E-state index contributed by atoms with van der Waals surface area (Å²) in [6.45, 7) is -0.590. The number of aliphatic hydroxyl groups excluding tert-OH is 4. The molecule has 4 N–H and O–H groups in total. The van der Waals surface area contributed by atoms with Crippen LogP contribution in [0.1, 0.15) is 5.56 Å². The summed E-state index contributed by atoms with van der Waals surface area (Å²) in [6, 6.07) is 4.47. The Balaban J connectivity index is 2.25. The molecule has 1 saturated heterocycles. The molecule has 10 nitrogen and oxygen atoms in total. The minimum absolute atomic E-state index is 0.0947. The van der Waals surface area contributed by atoms with E-state index < -0.39 is 42.2 Å². The van der Waals surface area contributed by atoms with Crippen molar-refractivity contribution >= 4 is 6.08 Å². The van der Waals surface area contributed by atoms with Gasteiger partial charge in [0.15, 0.2) is 11.5 Å². The van der Waals surface area contributed by atoms with Crippen LogP contribution in [0.15, 0.2) is 24.4 Å². The summed E-state index contributed by atoms with van der Waals surface area (Å²) >= 11 is 0. The Morgan fingerprint density at radius 3 is 2.56 bits per heavy atom. The highest BCUT2D eigenvalue weighted by atomic mass is 16.7. The van der Waals surface area contributed by atoms with Gasteiger partial charge in [0.1, 0.15) is 24.4 Å².